The highest BCUT2D eigenvalue weighted by Gasteiger charge is 2.27. The summed E-state index contributed by atoms with van der Waals surface area (Å²) in [6, 6.07) is 14.1. The molecule has 0 bridgehead atoms. The normalized spacial score (nSPS) is 11.0. The van der Waals surface area contributed by atoms with E-state index in [4.69, 9.17) is 20.8 Å². The molecule has 1 heterocycles. The van der Waals surface area contributed by atoms with Crippen LogP contribution in [0.15, 0.2) is 82.8 Å². The molecule has 0 aliphatic heterocycles. The first-order valence-electron chi connectivity index (χ1n) is 9.25. The summed E-state index contributed by atoms with van der Waals surface area (Å²) in [5.41, 5.74) is 0.386. The third-order valence-corrected chi connectivity index (χ3v) is 6.53. The minimum absolute atomic E-state index is 0.00531. The van der Waals surface area contributed by atoms with Crippen LogP contribution >= 0.6 is 11.6 Å². The standard InChI is InChI=1S/C22H21ClN2O5S/c1-3-12-25(20-8-4-5-9-21(20)29-2)31(27,28)17-10-11-19(23)18(14-17)22(26)24-15-16-7-6-13-30-16/h3-11,13-14H,1,12,15H2,2H3,(H,24,26). The number of benzene rings is 2. The van der Waals surface area contributed by atoms with Crippen molar-refractivity contribution < 1.29 is 22.4 Å². The van der Waals surface area contributed by atoms with Gasteiger partial charge in [0, 0.05) is 0 Å². The van der Waals surface area contributed by atoms with Crippen LogP contribution in [-0.2, 0) is 16.6 Å². The minimum atomic E-state index is -4.05. The van der Waals surface area contributed by atoms with Gasteiger partial charge in [-0.25, -0.2) is 8.42 Å². The number of methoxy groups -OCH3 is 1. The van der Waals surface area contributed by atoms with Gasteiger partial charge in [0.15, 0.2) is 0 Å². The Bertz CT molecular complexity index is 1180. The van der Waals surface area contributed by atoms with Crippen molar-refractivity contribution in [2.45, 2.75) is 11.4 Å². The lowest BCUT2D eigenvalue weighted by Gasteiger charge is -2.25. The van der Waals surface area contributed by atoms with Crippen LogP contribution in [0.2, 0.25) is 5.02 Å². The molecular weight excluding hydrogens is 440 g/mol. The number of rotatable bonds is 9. The third kappa shape index (κ3) is 4.92. The molecule has 3 rings (SSSR count). The average Bonchev–Trinajstić information content (AvgIpc) is 3.29. The molecule has 1 amide bonds. The third-order valence-electron chi connectivity index (χ3n) is 4.42. The number of amides is 1. The van der Waals surface area contributed by atoms with Gasteiger partial charge < -0.3 is 14.5 Å². The Hall–Kier alpha value is -3.23. The molecule has 7 nitrogen and oxygen atoms in total. The Morgan fingerprint density at radius 2 is 2.00 bits per heavy atom. The lowest BCUT2D eigenvalue weighted by atomic mass is 10.2. The van der Waals surface area contributed by atoms with E-state index in [0.29, 0.717) is 17.2 Å². The topological polar surface area (TPSA) is 88.8 Å². The first-order chi connectivity index (χ1) is 14.9. The molecular formula is C22H21ClN2O5S. The summed E-state index contributed by atoms with van der Waals surface area (Å²) in [4.78, 5) is 12.5. The maximum absolute atomic E-state index is 13.5. The average molecular weight is 461 g/mol. The summed E-state index contributed by atoms with van der Waals surface area (Å²) in [7, 11) is -2.60. The number of carbonyl (C=O) groups excluding carboxylic acids is 1. The van der Waals surface area contributed by atoms with Gasteiger partial charge in [0.25, 0.3) is 15.9 Å². The van der Waals surface area contributed by atoms with Gasteiger partial charge in [-0.15, -0.1) is 6.58 Å². The van der Waals surface area contributed by atoms with E-state index in [1.54, 1.807) is 36.4 Å². The van der Waals surface area contributed by atoms with Crippen LogP contribution in [-0.4, -0.2) is 28.0 Å². The fraction of sp³-hybridized carbons (Fsp3) is 0.136. The number of para-hydroxylation sites is 2. The Kier molecular flexibility index (Phi) is 7.04. The molecule has 31 heavy (non-hydrogen) atoms. The second-order valence-electron chi connectivity index (χ2n) is 6.40. The Morgan fingerprint density at radius 1 is 1.23 bits per heavy atom. The van der Waals surface area contributed by atoms with Crippen molar-refractivity contribution in [2.75, 3.05) is 18.0 Å². The summed E-state index contributed by atoms with van der Waals surface area (Å²) in [6.07, 6.45) is 2.96. The zero-order chi connectivity index (χ0) is 22.4. The first kappa shape index (κ1) is 22.5. The molecule has 1 N–H and O–H groups in total. The predicted molar refractivity (Wildman–Crippen MR) is 119 cm³/mol. The summed E-state index contributed by atoms with van der Waals surface area (Å²) >= 11 is 6.18. The van der Waals surface area contributed by atoms with Gasteiger partial charge in [0.2, 0.25) is 0 Å². The van der Waals surface area contributed by atoms with Gasteiger partial charge >= 0.3 is 0 Å². The summed E-state index contributed by atoms with van der Waals surface area (Å²) in [5, 5.41) is 2.79. The highest BCUT2D eigenvalue weighted by Crippen LogP contribution is 2.33. The van der Waals surface area contributed by atoms with E-state index in [9.17, 15) is 13.2 Å². The lowest BCUT2D eigenvalue weighted by molar-refractivity contribution is 0.0948. The summed E-state index contributed by atoms with van der Waals surface area (Å²) in [6.45, 7) is 3.80. The molecule has 0 aliphatic rings. The number of ether oxygens (including phenoxy) is 1. The largest absolute Gasteiger partial charge is 0.495 e. The maximum Gasteiger partial charge on any atom is 0.264 e. The van der Waals surface area contributed by atoms with E-state index < -0.39 is 15.9 Å². The molecule has 1 aromatic heterocycles. The van der Waals surface area contributed by atoms with Crippen molar-refractivity contribution in [3.8, 4) is 5.75 Å². The Labute approximate surface area is 185 Å². The minimum Gasteiger partial charge on any atom is -0.495 e. The molecule has 162 valence electrons. The SMILES string of the molecule is C=CCN(c1ccccc1OC)S(=O)(=O)c1ccc(Cl)c(C(=O)NCc2ccco2)c1. The molecule has 0 aliphatic carbocycles. The number of hydrogen-bond acceptors (Lipinski definition) is 5. The van der Waals surface area contributed by atoms with E-state index in [-0.39, 0.29) is 28.6 Å². The zero-order valence-corrected chi connectivity index (χ0v) is 18.3. The molecule has 0 fully saturated rings. The summed E-state index contributed by atoms with van der Waals surface area (Å²) < 4.78 is 38.6. The van der Waals surface area contributed by atoms with E-state index in [0.717, 1.165) is 4.31 Å². The van der Waals surface area contributed by atoms with Crippen molar-refractivity contribution in [2.24, 2.45) is 0 Å². The number of nitrogens with zero attached hydrogens (tertiary/aromatic N) is 1. The monoisotopic (exact) mass is 460 g/mol. The van der Waals surface area contributed by atoms with Crippen molar-refractivity contribution in [3.63, 3.8) is 0 Å². The number of furan rings is 1. The fourth-order valence-corrected chi connectivity index (χ4v) is 4.60. The quantitative estimate of drug-likeness (QED) is 0.482. The molecule has 3 aromatic rings. The number of sulfonamides is 1. The molecule has 9 heteroatoms. The van der Waals surface area contributed by atoms with Gasteiger partial charge in [-0.1, -0.05) is 29.8 Å². The van der Waals surface area contributed by atoms with E-state index in [2.05, 4.69) is 11.9 Å². The van der Waals surface area contributed by atoms with Gasteiger partial charge in [-0.3, -0.25) is 9.10 Å². The van der Waals surface area contributed by atoms with Crippen LogP contribution in [0.4, 0.5) is 5.69 Å². The summed E-state index contributed by atoms with van der Waals surface area (Å²) in [5.74, 6) is 0.422. The van der Waals surface area contributed by atoms with Gasteiger partial charge in [0.1, 0.15) is 11.5 Å². The second kappa shape index (κ2) is 9.72. The van der Waals surface area contributed by atoms with Crippen LogP contribution in [0.1, 0.15) is 16.1 Å². The van der Waals surface area contributed by atoms with Crippen LogP contribution in [0, 0.1) is 0 Å². The van der Waals surface area contributed by atoms with E-state index >= 15 is 0 Å². The highest BCUT2D eigenvalue weighted by atomic mass is 35.5. The van der Waals surface area contributed by atoms with Crippen LogP contribution < -0.4 is 14.4 Å². The lowest BCUT2D eigenvalue weighted by Crippen LogP contribution is -2.32. The van der Waals surface area contributed by atoms with Crippen LogP contribution in [0.3, 0.4) is 0 Å². The second-order valence-corrected chi connectivity index (χ2v) is 8.67. The molecule has 0 spiro atoms. The molecule has 0 unspecified atom stereocenters. The molecule has 0 radical (unpaired) electrons. The fourth-order valence-electron chi connectivity index (χ4n) is 2.92. The van der Waals surface area contributed by atoms with Crippen molar-refractivity contribution in [1.29, 1.82) is 0 Å². The number of hydrogen-bond donors (Lipinski definition) is 1. The number of anilines is 1. The highest BCUT2D eigenvalue weighted by molar-refractivity contribution is 7.92. The van der Waals surface area contributed by atoms with E-state index in [1.807, 2.05) is 0 Å². The van der Waals surface area contributed by atoms with Crippen molar-refractivity contribution >= 4 is 33.2 Å². The predicted octanol–water partition coefficient (Wildman–Crippen LogP) is 4.25. The number of carbonyl (C=O) groups is 1. The molecule has 0 saturated heterocycles. The van der Waals surface area contributed by atoms with Gasteiger partial charge in [-0.05, 0) is 42.5 Å². The van der Waals surface area contributed by atoms with Crippen LogP contribution in [0.25, 0.3) is 0 Å². The molecule has 0 saturated carbocycles. The molecule has 0 atom stereocenters. The van der Waals surface area contributed by atoms with E-state index in [1.165, 1.54) is 37.6 Å². The zero-order valence-electron chi connectivity index (χ0n) is 16.7. The van der Waals surface area contributed by atoms with Crippen molar-refractivity contribution in [1.82, 2.24) is 5.32 Å². The number of nitrogens with one attached hydrogen (secondary N) is 1. The van der Waals surface area contributed by atoms with Gasteiger partial charge in [0.05, 0.1) is 47.6 Å². The smallest absolute Gasteiger partial charge is 0.264 e. The van der Waals surface area contributed by atoms with Gasteiger partial charge in [-0.2, -0.15) is 0 Å². The molecule has 2 aromatic carbocycles. The first-order valence-corrected chi connectivity index (χ1v) is 11.1. The Balaban J connectivity index is 1.96. The van der Waals surface area contributed by atoms with Crippen LogP contribution in [0.5, 0.6) is 5.75 Å². The maximum atomic E-state index is 13.5. The number of halogens is 1. The Morgan fingerprint density at radius 3 is 2.68 bits per heavy atom. The van der Waals surface area contributed by atoms with Crippen molar-refractivity contribution in [3.05, 3.63) is 89.9 Å².